The molecule has 0 aliphatic carbocycles. The van der Waals surface area contributed by atoms with Gasteiger partial charge in [-0.1, -0.05) is 11.8 Å². The molecule has 0 spiro atoms. The molecule has 0 bridgehead atoms. The van der Waals surface area contributed by atoms with Crippen molar-refractivity contribution in [1.29, 1.82) is 0 Å². The Morgan fingerprint density at radius 2 is 2.00 bits per heavy atom. The number of nitro groups is 1. The highest BCUT2D eigenvalue weighted by molar-refractivity contribution is 7.99. The fraction of sp³-hybridized carbons (Fsp3) is 0. The first kappa shape index (κ1) is 12.3. The summed E-state index contributed by atoms with van der Waals surface area (Å²) >= 11 is 1.37. The Morgan fingerprint density at radius 3 is 2.61 bits per heavy atom. The predicted molar refractivity (Wildman–Crippen MR) is 67.1 cm³/mol. The fourth-order valence-corrected chi connectivity index (χ4v) is 2.01. The molecule has 2 rings (SSSR count). The zero-order valence-corrected chi connectivity index (χ0v) is 9.92. The third-order valence-corrected chi connectivity index (χ3v) is 3.00. The number of rotatable bonds is 4. The van der Waals surface area contributed by atoms with E-state index in [9.17, 15) is 10.1 Å². The monoisotopic (exact) mass is 263 g/mol. The zero-order chi connectivity index (χ0) is 13.0. The molecule has 0 aliphatic rings. The molecule has 18 heavy (non-hydrogen) atoms. The van der Waals surface area contributed by atoms with E-state index in [2.05, 4.69) is 15.4 Å². The molecule has 8 heteroatoms. The maximum absolute atomic E-state index is 10.5. The van der Waals surface area contributed by atoms with E-state index < -0.39 is 4.92 Å². The second-order valence-electron chi connectivity index (χ2n) is 3.24. The van der Waals surface area contributed by atoms with E-state index in [1.165, 1.54) is 30.2 Å². The first-order valence-electron chi connectivity index (χ1n) is 4.90. The first-order chi connectivity index (χ1) is 8.69. The van der Waals surface area contributed by atoms with Gasteiger partial charge in [0.05, 0.1) is 4.92 Å². The largest absolute Gasteiger partial charge is 0.308 e. The van der Waals surface area contributed by atoms with Crippen LogP contribution < -0.4 is 11.3 Å². The van der Waals surface area contributed by atoms with E-state index in [4.69, 9.17) is 5.84 Å². The maximum atomic E-state index is 10.5. The predicted octanol–water partition coefficient (Wildman–Crippen LogP) is 1.82. The average molecular weight is 263 g/mol. The van der Waals surface area contributed by atoms with Crippen molar-refractivity contribution >= 4 is 23.3 Å². The number of non-ortho nitro benzene ring substituents is 1. The van der Waals surface area contributed by atoms with Crippen LogP contribution in [0.4, 0.5) is 11.5 Å². The molecule has 0 amide bonds. The number of nitrogens with one attached hydrogen (secondary N) is 1. The van der Waals surface area contributed by atoms with Crippen molar-refractivity contribution in [2.45, 2.75) is 9.92 Å². The van der Waals surface area contributed by atoms with Gasteiger partial charge in [-0.15, -0.1) is 0 Å². The second kappa shape index (κ2) is 5.43. The van der Waals surface area contributed by atoms with Gasteiger partial charge < -0.3 is 5.43 Å². The van der Waals surface area contributed by atoms with Crippen molar-refractivity contribution < 1.29 is 4.92 Å². The molecule has 1 heterocycles. The molecule has 0 fully saturated rings. The van der Waals surface area contributed by atoms with Crippen LogP contribution in [0.15, 0.2) is 46.6 Å². The topological polar surface area (TPSA) is 107 Å². The number of nitrogens with zero attached hydrogens (tertiary/aromatic N) is 3. The van der Waals surface area contributed by atoms with Crippen molar-refractivity contribution in [2.24, 2.45) is 5.84 Å². The van der Waals surface area contributed by atoms with Crippen LogP contribution in [0.3, 0.4) is 0 Å². The molecule has 92 valence electrons. The van der Waals surface area contributed by atoms with E-state index in [0.29, 0.717) is 10.8 Å². The zero-order valence-electron chi connectivity index (χ0n) is 9.11. The van der Waals surface area contributed by atoms with Crippen molar-refractivity contribution in [3.63, 3.8) is 0 Å². The molecule has 1 aromatic carbocycles. The van der Waals surface area contributed by atoms with Crippen LogP contribution in [0.2, 0.25) is 0 Å². The standard InChI is InChI=1S/C10H9N5O2S/c11-14-9-5-10(13-6-12-9)18-8-3-1-7(2-4-8)15(16)17/h1-6H,11H2,(H,12,13,14). The number of hydrazine groups is 1. The summed E-state index contributed by atoms with van der Waals surface area (Å²) in [6, 6.07) is 7.92. The summed E-state index contributed by atoms with van der Waals surface area (Å²) in [7, 11) is 0. The van der Waals surface area contributed by atoms with Crippen LogP contribution in [0, 0.1) is 10.1 Å². The molecule has 3 N–H and O–H groups in total. The molecule has 2 aromatic rings. The van der Waals surface area contributed by atoms with Crippen LogP contribution in [-0.4, -0.2) is 14.9 Å². The number of anilines is 1. The molecule has 1 aromatic heterocycles. The first-order valence-corrected chi connectivity index (χ1v) is 5.71. The van der Waals surface area contributed by atoms with Crippen LogP contribution in [0.5, 0.6) is 0 Å². The van der Waals surface area contributed by atoms with Gasteiger partial charge in [0.1, 0.15) is 17.2 Å². The van der Waals surface area contributed by atoms with E-state index in [-0.39, 0.29) is 5.69 Å². The molecule has 0 saturated heterocycles. The maximum Gasteiger partial charge on any atom is 0.269 e. The van der Waals surface area contributed by atoms with Crippen molar-refractivity contribution in [2.75, 3.05) is 5.43 Å². The molecule has 0 aliphatic heterocycles. The molecule has 0 atom stereocenters. The summed E-state index contributed by atoms with van der Waals surface area (Å²) in [5, 5.41) is 11.2. The minimum Gasteiger partial charge on any atom is -0.308 e. The normalized spacial score (nSPS) is 10.1. The Hall–Kier alpha value is -2.19. The van der Waals surface area contributed by atoms with Gasteiger partial charge in [0, 0.05) is 23.1 Å². The van der Waals surface area contributed by atoms with Crippen LogP contribution in [0.25, 0.3) is 0 Å². The highest BCUT2D eigenvalue weighted by atomic mass is 32.2. The van der Waals surface area contributed by atoms with Crippen LogP contribution in [0.1, 0.15) is 0 Å². The van der Waals surface area contributed by atoms with E-state index in [1.807, 2.05) is 0 Å². The Kier molecular flexibility index (Phi) is 3.70. The van der Waals surface area contributed by atoms with Crippen molar-refractivity contribution in [3.8, 4) is 0 Å². The second-order valence-corrected chi connectivity index (χ2v) is 4.33. The number of hydrogen-bond donors (Lipinski definition) is 2. The average Bonchev–Trinajstić information content (AvgIpc) is 2.39. The molecule has 0 saturated carbocycles. The summed E-state index contributed by atoms with van der Waals surface area (Å²) in [4.78, 5) is 18.9. The lowest BCUT2D eigenvalue weighted by Crippen LogP contribution is -2.08. The van der Waals surface area contributed by atoms with E-state index >= 15 is 0 Å². The van der Waals surface area contributed by atoms with E-state index in [0.717, 1.165) is 4.90 Å². The Morgan fingerprint density at radius 1 is 1.28 bits per heavy atom. The molecular weight excluding hydrogens is 254 g/mol. The van der Waals surface area contributed by atoms with E-state index in [1.54, 1.807) is 18.2 Å². The van der Waals surface area contributed by atoms with Gasteiger partial charge in [-0.3, -0.25) is 10.1 Å². The van der Waals surface area contributed by atoms with Crippen molar-refractivity contribution in [1.82, 2.24) is 9.97 Å². The summed E-state index contributed by atoms with van der Waals surface area (Å²) < 4.78 is 0. The lowest BCUT2D eigenvalue weighted by atomic mass is 10.3. The summed E-state index contributed by atoms with van der Waals surface area (Å²) in [5.41, 5.74) is 2.48. The highest BCUT2D eigenvalue weighted by Crippen LogP contribution is 2.28. The highest BCUT2D eigenvalue weighted by Gasteiger charge is 2.05. The SMILES string of the molecule is NNc1cc(Sc2ccc([N+](=O)[O-])cc2)ncn1. The third kappa shape index (κ3) is 2.93. The quantitative estimate of drug-likeness (QED) is 0.375. The van der Waals surface area contributed by atoms with Gasteiger partial charge in [0.2, 0.25) is 0 Å². The van der Waals surface area contributed by atoms with Crippen LogP contribution in [-0.2, 0) is 0 Å². The lowest BCUT2D eigenvalue weighted by molar-refractivity contribution is -0.384. The number of hydrogen-bond acceptors (Lipinski definition) is 7. The molecular formula is C10H9N5O2S. The fourth-order valence-electron chi connectivity index (χ4n) is 1.23. The summed E-state index contributed by atoms with van der Waals surface area (Å²) in [6.45, 7) is 0. The number of nitro benzene ring substituents is 1. The van der Waals surface area contributed by atoms with Gasteiger partial charge in [-0.05, 0) is 12.1 Å². The smallest absolute Gasteiger partial charge is 0.269 e. The number of nitrogens with two attached hydrogens (primary N) is 1. The lowest BCUT2D eigenvalue weighted by Gasteiger charge is -2.02. The summed E-state index contributed by atoms with van der Waals surface area (Å²) in [5.74, 6) is 5.75. The molecule has 7 nitrogen and oxygen atoms in total. The minimum atomic E-state index is -0.435. The minimum absolute atomic E-state index is 0.0614. The Labute approximate surface area is 107 Å². The number of aromatic nitrogens is 2. The number of nitrogen functional groups attached to an aromatic ring is 1. The molecule has 0 unspecified atom stereocenters. The summed E-state index contributed by atoms with van der Waals surface area (Å²) in [6.07, 6.45) is 1.39. The third-order valence-electron chi connectivity index (χ3n) is 2.06. The van der Waals surface area contributed by atoms with Gasteiger partial charge >= 0.3 is 0 Å². The van der Waals surface area contributed by atoms with Gasteiger partial charge in [-0.25, -0.2) is 15.8 Å². The Balaban J connectivity index is 2.15. The van der Waals surface area contributed by atoms with Crippen LogP contribution >= 0.6 is 11.8 Å². The Bertz CT molecular complexity index is 560. The molecule has 0 radical (unpaired) electrons. The van der Waals surface area contributed by atoms with Gasteiger partial charge in [0.25, 0.3) is 5.69 Å². The van der Waals surface area contributed by atoms with Gasteiger partial charge in [-0.2, -0.15) is 0 Å². The van der Waals surface area contributed by atoms with Crippen molar-refractivity contribution in [3.05, 3.63) is 46.8 Å². The number of benzene rings is 1. The van der Waals surface area contributed by atoms with Gasteiger partial charge in [0.15, 0.2) is 0 Å².